The fourth-order valence-electron chi connectivity index (χ4n) is 7.76. The number of benzene rings is 6. The molecule has 7 aromatic rings. The average Bonchev–Trinajstić information content (AvgIpc) is 3.62. The van der Waals surface area contributed by atoms with Gasteiger partial charge >= 0.3 is 0 Å². The van der Waals surface area contributed by atoms with Crippen LogP contribution in [0.25, 0.3) is 11.1 Å². The van der Waals surface area contributed by atoms with E-state index in [0.29, 0.717) is 17.1 Å². The number of hydrogen-bond donors (Lipinski definition) is 0. The van der Waals surface area contributed by atoms with Gasteiger partial charge in [0.1, 0.15) is 5.00 Å². The van der Waals surface area contributed by atoms with E-state index in [1.165, 1.54) is 17.2 Å². The van der Waals surface area contributed by atoms with Gasteiger partial charge < -0.3 is 14.5 Å². The second-order valence-electron chi connectivity index (χ2n) is 16.6. The molecular formula is C49H42N2O4S2. The molecule has 0 spiro atoms. The van der Waals surface area contributed by atoms with Gasteiger partial charge in [-0.15, -0.1) is 11.3 Å². The monoisotopic (exact) mass is 786 g/mol. The van der Waals surface area contributed by atoms with Crippen molar-refractivity contribution >= 4 is 60.4 Å². The first kappa shape index (κ1) is 36.7. The molecule has 0 atom stereocenters. The number of nitrogens with zero attached hydrogens (tertiary/aromatic N) is 2. The number of anilines is 6. The highest BCUT2D eigenvalue weighted by Crippen LogP contribution is 2.57. The third kappa shape index (κ3) is 6.15. The van der Waals surface area contributed by atoms with Crippen LogP contribution >= 0.6 is 11.3 Å². The van der Waals surface area contributed by atoms with Crippen molar-refractivity contribution in [2.45, 2.75) is 62.2 Å². The molecule has 0 radical (unpaired) electrons. The summed E-state index contributed by atoms with van der Waals surface area (Å²) in [6.07, 6.45) is 0. The summed E-state index contributed by atoms with van der Waals surface area (Å²) in [6, 6.07) is 45.0. The molecule has 6 nitrogen and oxygen atoms in total. The molecule has 0 aliphatic carbocycles. The van der Waals surface area contributed by atoms with Crippen LogP contribution < -0.4 is 14.5 Å². The maximum atomic E-state index is 14.2. The Kier molecular flexibility index (Phi) is 8.57. The molecule has 284 valence electrons. The van der Waals surface area contributed by atoms with Gasteiger partial charge in [-0.25, -0.2) is 8.42 Å². The zero-order valence-corrected chi connectivity index (χ0v) is 34.3. The van der Waals surface area contributed by atoms with Gasteiger partial charge in [0.2, 0.25) is 9.84 Å². The molecule has 0 N–H and O–H groups in total. The molecule has 2 aliphatic heterocycles. The van der Waals surface area contributed by atoms with Crippen LogP contribution in [0.4, 0.5) is 33.4 Å². The number of rotatable bonds is 5. The first-order chi connectivity index (χ1) is 27.2. The number of sulfone groups is 1. The topological polar surface area (TPSA) is 66.9 Å². The molecule has 9 rings (SSSR count). The summed E-state index contributed by atoms with van der Waals surface area (Å²) < 4.78 is 34.4. The third-order valence-electron chi connectivity index (χ3n) is 10.8. The molecule has 0 unspecified atom stereocenters. The molecule has 1 aromatic heterocycles. The van der Waals surface area contributed by atoms with Gasteiger partial charge in [0.15, 0.2) is 17.3 Å². The highest BCUT2D eigenvalue weighted by Gasteiger charge is 2.37. The van der Waals surface area contributed by atoms with Gasteiger partial charge in [-0.3, -0.25) is 4.79 Å². The van der Waals surface area contributed by atoms with Crippen LogP contribution in [-0.2, 0) is 20.7 Å². The van der Waals surface area contributed by atoms with E-state index in [4.69, 9.17) is 4.74 Å². The van der Waals surface area contributed by atoms with Crippen molar-refractivity contribution in [1.29, 1.82) is 0 Å². The first-order valence-electron chi connectivity index (χ1n) is 19.0. The van der Waals surface area contributed by atoms with Crippen LogP contribution in [0, 0.1) is 0 Å². The lowest BCUT2D eigenvalue weighted by molar-refractivity contribution is 0.103. The SMILES string of the molecule is CC(C)(C)c1ccc(N(c2ccc(C(C)(C)C)cc2)c2scc(N3c4ccccc4Oc4ccccc43)c2-c2ccc3c(c2)C(=O)c2ccccc2S3(=O)=O)cc1. The zero-order valence-electron chi connectivity index (χ0n) is 32.7. The van der Waals surface area contributed by atoms with Gasteiger partial charge in [0.05, 0.1) is 26.9 Å². The number of hydrogen-bond acceptors (Lipinski definition) is 7. The first-order valence-corrected chi connectivity index (χ1v) is 21.4. The Labute approximate surface area is 338 Å². The molecule has 57 heavy (non-hydrogen) atoms. The molecule has 0 bridgehead atoms. The fourth-order valence-corrected chi connectivity index (χ4v) is 10.5. The Hall–Kier alpha value is -5.96. The van der Waals surface area contributed by atoms with Crippen molar-refractivity contribution < 1.29 is 17.9 Å². The maximum Gasteiger partial charge on any atom is 0.208 e. The average molecular weight is 787 g/mol. The van der Waals surface area contributed by atoms with E-state index >= 15 is 0 Å². The normalized spacial score (nSPS) is 14.2. The summed E-state index contributed by atoms with van der Waals surface area (Å²) in [7, 11) is -3.93. The smallest absolute Gasteiger partial charge is 0.208 e. The number of thiophene rings is 1. The second kappa shape index (κ2) is 13.3. The maximum absolute atomic E-state index is 14.2. The van der Waals surface area contributed by atoms with Crippen LogP contribution in [0.2, 0.25) is 0 Å². The minimum absolute atomic E-state index is 0.0164. The number of carbonyl (C=O) groups is 1. The van der Waals surface area contributed by atoms with Crippen LogP contribution in [0.3, 0.4) is 0 Å². The Balaban J connectivity index is 1.33. The molecule has 0 fully saturated rings. The zero-order chi connectivity index (χ0) is 39.9. The van der Waals surface area contributed by atoms with Crippen molar-refractivity contribution in [2.75, 3.05) is 9.80 Å². The quantitative estimate of drug-likeness (QED) is 0.173. The van der Waals surface area contributed by atoms with Gasteiger partial charge in [0, 0.05) is 33.4 Å². The summed E-state index contributed by atoms with van der Waals surface area (Å²) in [4.78, 5) is 18.8. The van der Waals surface area contributed by atoms with E-state index in [0.717, 1.165) is 39.0 Å². The van der Waals surface area contributed by atoms with Crippen LogP contribution in [0.15, 0.2) is 155 Å². The van der Waals surface area contributed by atoms with Crippen LogP contribution in [-0.4, -0.2) is 14.2 Å². The van der Waals surface area contributed by atoms with Crippen molar-refractivity contribution in [2.24, 2.45) is 0 Å². The lowest BCUT2D eigenvalue weighted by Crippen LogP contribution is -2.20. The van der Waals surface area contributed by atoms with Crippen molar-refractivity contribution in [3.8, 4) is 22.6 Å². The summed E-state index contributed by atoms with van der Waals surface area (Å²) in [5.41, 5.74) is 8.80. The van der Waals surface area contributed by atoms with E-state index in [-0.39, 0.29) is 37.5 Å². The predicted octanol–water partition coefficient (Wildman–Crippen LogP) is 13.4. The van der Waals surface area contributed by atoms with Crippen molar-refractivity contribution in [3.05, 3.63) is 167 Å². The number of ketones is 1. The largest absolute Gasteiger partial charge is 0.453 e. The summed E-state index contributed by atoms with van der Waals surface area (Å²) in [5, 5.41) is 3.06. The molecule has 6 aromatic carbocycles. The molecular weight excluding hydrogens is 745 g/mol. The van der Waals surface area contributed by atoms with Gasteiger partial charge in [-0.1, -0.05) is 108 Å². The van der Waals surface area contributed by atoms with E-state index in [1.54, 1.807) is 41.7 Å². The summed E-state index contributed by atoms with van der Waals surface area (Å²) >= 11 is 1.60. The second-order valence-corrected chi connectivity index (χ2v) is 19.4. The Bertz CT molecular complexity index is 2720. The number of ether oxygens (including phenoxy) is 1. The highest BCUT2D eigenvalue weighted by molar-refractivity contribution is 7.91. The Morgan fingerprint density at radius 3 is 1.65 bits per heavy atom. The van der Waals surface area contributed by atoms with Crippen molar-refractivity contribution in [3.63, 3.8) is 0 Å². The highest BCUT2D eigenvalue weighted by atomic mass is 32.2. The van der Waals surface area contributed by atoms with E-state index in [2.05, 4.69) is 105 Å². The van der Waals surface area contributed by atoms with E-state index < -0.39 is 9.84 Å². The third-order valence-corrected chi connectivity index (χ3v) is 13.7. The Morgan fingerprint density at radius 1 is 0.579 bits per heavy atom. The van der Waals surface area contributed by atoms with Crippen molar-refractivity contribution in [1.82, 2.24) is 0 Å². The van der Waals surface area contributed by atoms with E-state index in [9.17, 15) is 13.2 Å². The predicted molar refractivity (Wildman–Crippen MR) is 232 cm³/mol. The van der Waals surface area contributed by atoms with Crippen LogP contribution in [0.5, 0.6) is 11.5 Å². The number of carbonyl (C=O) groups excluding carboxylic acids is 1. The van der Waals surface area contributed by atoms with Crippen LogP contribution in [0.1, 0.15) is 68.6 Å². The van der Waals surface area contributed by atoms with Gasteiger partial charge in [-0.05, 0) is 100 Å². The van der Waals surface area contributed by atoms with Gasteiger partial charge in [0.25, 0.3) is 0 Å². The molecule has 8 heteroatoms. The molecule has 0 amide bonds. The summed E-state index contributed by atoms with van der Waals surface area (Å²) in [5.74, 6) is 1.11. The standard InChI is InChI=1S/C49H42N2O4S2/c1-48(2,3)32-20-24-34(25-21-32)50(35-26-22-33(23-27-35)49(4,5)6)47-45(31-19-28-44-37(29-31)46(52)36-13-7-12-18-43(36)57(44,53)54)40(30-56-47)51-38-14-8-10-16-41(38)55-42-17-11-9-15-39(42)51/h7-30H,1-6H3. The lowest BCUT2D eigenvalue weighted by Gasteiger charge is -2.34. The van der Waals surface area contributed by atoms with Gasteiger partial charge in [-0.2, -0.15) is 0 Å². The molecule has 0 saturated carbocycles. The fraction of sp³-hybridized carbons (Fsp3) is 0.163. The molecule has 2 aliphatic rings. The Morgan fingerprint density at radius 2 is 1.09 bits per heavy atom. The number of para-hydroxylation sites is 4. The number of fused-ring (bicyclic) bond motifs is 4. The summed E-state index contributed by atoms with van der Waals surface area (Å²) in [6.45, 7) is 13.3. The van der Waals surface area contributed by atoms with E-state index in [1.807, 2.05) is 54.6 Å². The lowest BCUT2D eigenvalue weighted by atomic mass is 9.86. The minimum Gasteiger partial charge on any atom is -0.453 e. The molecule has 3 heterocycles. The minimum atomic E-state index is -3.93. The molecule has 0 saturated heterocycles.